The Hall–Kier alpha value is -2.84. The van der Waals surface area contributed by atoms with Gasteiger partial charge in [-0.3, -0.25) is 33.8 Å². The third kappa shape index (κ3) is 1.87. The van der Waals surface area contributed by atoms with Crippen molar-refractivity contribution in [1.29, 1.82) is 0 Å². The van der Waals surface area contributed by atoms with Crippen LogP contribution in [0.25, 0.3) is 0 Å². The minimum atomic E-state index is -2.27. The zero-order chi connectivity index (χ0) is 18.4. The van der Waals surface area contributed by atoms with Gasteiger partial charge in [0.1, 0.15) is 0 Å². The Balaban J connectivity index is 2.99. The van der Waals surface area contributed by atoms with Gasteiger partial charge >= 0.3 is 0 Å². The molecule has 1 unspecified atom stereocenters. The van der Waals surface area contributed by atoms with Crippen LogP contribution in [0.2, 0.25) is 0 Å². The summed E-state index contributed by atoms with van der Waals surface area (Å²) in [6.07, 6.45) is 2.39. The van der Waals surface area contributed by atoms with Crippen LogP contribution >= 0.6 is 0 Å². The van der Waals surface area contributed by atoms with Gasteiger partial charge in [0.05, 0.1) is 12.0 Å². The molecule has 0 fully saturated rings. The van der Waals surface area contributed by atoms with Gasteiger partial charge in [-0.1, -0.05) is 0 Å². The molecule has 0 aromatic rings. The predicted octanol–water partition coefficient (Wildman–Crippen LogP) is -0.670. The van der Waals surface area contributed by atoms with E-state index in [0.29, 0.717) is 0 Å². The molecule has 24 heavy (non-hydrogen) atoms. The summed E-state index contributed by atoms with van der Waals surface area (Å²) < 4.78 is 0. The van der Waals surface area contributed by atoms with Gasteiger partial charge < -0.3 is 5.32 Å². The second-order valence-corrected chi connectivity index (χ2v) is 5.70. The number of amides is 2. The van der Waals surface area contributed by atoms with Crippen molar-refractivity contribution in [2.45, 2.75) is 45.9 Å². The number of nitrogens with zero attached hydrogens (tertiary/aromatic N) is 3. The first kappa shape index (κ1) is 17.5. The van der Waals surface area contributed by atoms with Crippen LogP contribution < -0.4 is 5.32 Å². The summed E-state index contributed by atoms with van der Waals surface area (Å²) in [4.78, 5) is 67.8. The van der Waals surface area contributed by atoms with Gasteiger partial charge in [0.25, 0.3) is 0 Å². The second-order valence-electron chi connectivity index (χ2n) is 5.70. The van der Waals surface area contributed by atoms with E-state index in [2.05, 4.69) is 10.3 Å². The molecule has 128 valence electrons. The first-order valence-corrected chi connectivity index (χ1v) is 7.21. The molecule has 0 aromatic carbocycles. The number of carbonyl (C=O) groups excluding carboxylic acids is 5. The standard InChI is InChI=1S/C15H18N4O5/c1-8(20)14-13(16-7-17-14)6-18(11(4)23)15(9(2)21,10(3)22)19(14)12(5)24/h6-7H,1-5H3,(H,16,17). The lowest BCUT2D eigenvalue weighted by Gasteiger charge is -2.54. The lowest BCUT2D eigenvalue weighted by molar-refractivity contribution is -0.180. The Labute approximate surface area is 138 Å². The molecule has 0 radical (unpaired) electrons. The van der Waals surface area contributed by atoms with Gasteiger partial charge in [0.2, 0.25) is 23.1 Å². The summed E-state index contributed by atoms with van der Waals surface area (Å²) >= 11 is 0. The van der Waals surface area contributed by atoms with Crippen LogP contribution in [-0.2, 0) is 24.0 Å². The molecule has 2 amide bonds. The first-order valence-electron chi connectivity index (χ1n) is 7.21. The van der Waals surface area contributed by atoms with Crippen LogP contribution in [0.1, 0.15) is 34.6 Å². The fourth-order valence-electron chi connectivity index (χ4n) is 3.35. The zero-order valence-corrected chi connectivity index (χ0v) is 14.0. The van der Waals surface area contributed by atoms with Crippen LogP contribution in [0, 0.1) is 0 Å². The van der Waals surface area contributed by atoms with Gasteiger partial charge in [0.15, 0.2) is 17.3 Å². The topological polar surface area (TPSA) is 116 Å². The Bertz CT molecular complexity index is 724. The normalized spacial score (nSPS) is 24.0. The van der Waals surface area contributed by atoms with E-state index in [0.717, 1.165) is 37.5 Å². The van der Waals surface area contributed by atoms with E-state index >= 15 is 0 Å². The molecular formula is C15H18N4O5. The Kier molecular flexibility index (Phi) is 3.91. The number of hydrogen-bond acceptors (Lipinski definition) is 7. The smallest absolute Gasteiger partial charge is 0.243 e. The molecule has 0 saturated heterocycles. The number of hydrogen-bond donors (Lipinski definition) is 1. The molecule has 9 nitrogen and oxygen atoms in total. The zero-order valence-electron chi connectivity index (χ0n) is 14.0. The first-order chi connectivity index (χ1) is 11.0. The minimum absolute atomic E-state index is 0.124. The molecule has 2 rings (SSSR count). The lowest BCUT2D eigenvalue weighted by atomic mass is 9.86. The van der Waals surface area contributed by atoms with Crippen LogP contribution in [0.5, 0.6) is 0 Å². The molecule has 2 heterocycles. The van der Waals surface area contributed by atoms with E-state index in [9.17, 15) is 24.0 Å². The van der Waals surface area contributed by atoms with Gasteiger partial charge in [-0.15, -0.1) is 0 Å². The quantitative estimate of drug-likeness (QED) is 0.684. The van der Waals surface area contributed by atoms with Gasteiger partial charge in [-0.25, -0.2) is 4.99 Å². The van der Waals surface area contributed by atoms with Crippen LogP contribution in [0.4, 0.5) is 0 Å². The number of ketones is 3. The van der Waals surface area contributed by atoms with Crippen LogP contribution in [-0.4, -0.2) is 56.6 Å². The van der Waals surface area contributed by atoms with Crippen molar-refractivity contribution in [2.24, 2.45) is 4.99 Å². The number of fused-ring (bicyclic) bond motifs is 1. The lowest BCUT2D eigenvalue weighted by Crippen LogP contribution is -2.78. The maximum absolute atomic E-state index is 12.5. The Morgan fingerprint density at radius 2 is 1.46 bits per heavy atom. The monoisotopic (exact) mass is 334 g/mol. The molecular weight excluding hydrogens is 316 g/mol. The fraction of sp³-hybridized carbons (Fsp3) is 0.467. The van der Waals surface area contributed by atoms with Crippen molar-refractivity contribution < 1.29 is 24.0 Å². The van der Waals surface area contributed by atoms with Crippen molar-refractivity contribution in [2.75, 3.05) is 0 Å². The average Bonchev–Trinajstić information content (AvgIpc) is 2.88. The predicted molar refractivity (Wildman–Crippen MR) is 82.3 cm³/mol. The highest BCUT2D eigenvalue weighted by atomic mass is 16.2. The summed E-state index contributed by atoms with van der Waals surface area (Å²) in [5.41, 5.74) is -4.02. The third-order valence-corrected chi connectivity index (χ3v) is 4.23. The van der Waals surface area contributed by atoms with E-state index in [1.807, 2.05) is 0 Å². The molecule has 9 heteroatoms. The van der Waals surface area contributed by atoms with E-state index in [-0.39, 0.29) is 5.70 Å². The molecule has 1 N–H and O–H groups in total. The maximum Gasteiger partial charge on any atom is 0.243 e. The Morgan fingerprint density at radius 3 is 1.83 bits per heavy atom. The Morgan fingerprint density at radius 1 is 0.917 bits per heavy atom. The third-order valence-electron chi connectivity index (χ3n) is 4.23. The summed E-state index contributed by atoms with van der Waals surface area (Å²) in [7, 11) is 0. The van der Waals surface area contributed by atoms with Crippen molar-refractivity contribution in [3.63, 3.8) is 0 Å². The van der Waals surface area contributed by atoms with Gasteiger partial charge in [-0.05, 0) is 20.8 Å². The molecule has 1 atom stereocenters. The minimum Gasteiger partial charge on any atom is -0.345 e. The maximum atomic E-state index is 12.5. The molecule has 0 saturated carbocycles. The number of carbonyl (C=O) groups is 5. The summed E-state index contributed by atoms with van der Waals surface area (Å²) in [5, 5.41) is 2.70. The van der Waals surface area contributed by atoms with Gasteiger partial charge in [0, 0.05) is 20.0 Å². The highest BCUT2D eigenvalue weighted by Crippen LogP contribution is 2.42. The van der Waals surface area contributed by atoms with Crippen LogP contribution in [0.3, 0.4) is 0 Å². The summed E-state index contributed by atoms with van der Waals surface area (Å²) in [6, 6.07) is 0. The van der Waals surface area contributed by atoms with Crippen molar-refractivity contribution in [3.05, 3.63) is 11.9 Å². The highest BCUT2D eigenvalue weighted by Gasteiger charge is 2.66. The molecule has 0 aromatic heterocycles. The molecule has 0 bridgehead atoms. The van der Waals surface area contributed by atoms with E-state index in [1.165, 1.54) is 19.5 Å². The largest absolute Gasteiger partial charge is 0.345 e. The summed E-state index contributed by atoms with van der Waals surface area (Å²) in [6.45, 7) is 5.65. The van der Waals surface area contributed by atoms with Gasteiger partial charge in [-0.2, -0.15) is 0 Å². The van der Waals surface area contributed by atoms with Crippen LogP contribution in [0.15, 0.2) is 16.9 Å². The number of aliphatic imine (C=N–C) groups is 1. The average molecular weight is 334 g/mol. The molecule has 0 aliphatic carbocycles. The number of Topliss-reactive ketones (excluding diaryl/α,β-unsaturated/α-hetero) is 3. The van der Waals surface area contributed by atoms with Crippen molar-refractivity contribution >= 4 is 35.5 Å². The molecule has 2 aliphatic rings. The van der Waals surface area contributed by atoms with Crippen molar-refractivity contribution in [1.82, 2.24) is 15.1 Å². The van der Waals surface area contributed by atoms with Crippen molar-refractivity contribution in [3.8, 4) is 0 Å². The second kappa shape index (κ2) is 5.36. The molecule has 0 spiro atoms. The SMILES string of the molecule is CC(=O)N1C=C2NC=NC2(C(C)=O)N(C(C)=O)C1(C(C)=O)C(C)=O. The number of rotatable bonds is 3. The summed E-state index contributed by atoms with van der Waals surface area (Å²) in [5.74, 6) is -3.48. The van der Waals surface area contributed by atoms with E-state index in [4.69, 9.17) is 0 Å². The highest BCUT2D eigenvalue weighted by molar-refractivity contribution is 6.16. The number of nitrogens with one attached hydrogen (secondary N) is 1. The van der Waals surface area contributed by atoms with E-state index in [1.54, 1.807) is 0 Å². The molecule has 2 aliphatic heterocycles. The van der Waals surface area contributed by atoms with E-state index < -0.39 is 40.5 Å². The fourth-order valence-corrected chi connectivity index (χ4v) is 3.35.